The number of aromatic nitrogens is 1. The maximum Gasteiger partial charge on any atom is 0.272 e. The number of nitrogens with one attached hydrogen (secondary N) is 2. The molecule has 1 aromatic rings. The van der Waals surface area contributed by atoms with Gasteiger partial charge in [0.15, 0.2) is 0 Å². The molecule has 1 aliphatic heterocycles. The van der Waals surface area contributed by atoms with Gasteiger partial charge in [0.1, 0.15) is 5.69 Å². The second-order valence-electron chi connectivity index (χ2n) is 3.97. The van der Waals surface area contributed by atoms with Gasteiger partial charge in [-0.3, -0.25) is 20.4 Å². The van der Waals surface area contributed by atoms with Crippen LogP contribution in [0, 0.1) is 0 Å². The molecule has 1 aliphatic rings. The van der Waals surface area contributed by atoms with Crippen LogP contribution in [0.2, 0.25) is 0 Å². The number of amides is 2. The van der Waals surface area contributed by atoms with Gasteiger partial charge in [0.2, 0.25) is 5.91 Å². The Bertz CT molecular complexity index is 463. The molecular formula is C11H15N5O2. The molecule has 7 nitrogen and oxygen atoms in total. The summed E-state index contributed by atoms with van der Waals surface area (Å²) in [6, 6.07) is 3.26. The molecule has 0 bridgehead atoms. The van der Waals surface area contributed by atoms with Crippen LogP contribution in [-0.2, 0) is 4.79 Å². The van der Waals surface area contributed by atoms with Crippen molar-refractivity contribution in [3.05, 3.63) is 24.0 Å². The van der Waals surface area contributed by atoms with Crippen LogP contribution in [0.5, 0.6) is 0 Å². The molecular weight excluding hydrogens is 234 g/mol. The number of hydrogen-bond acceptors (Lipinski definition) is 5. The van der Waals surface area contributed by atoms with Crippen LogP contribution in [0.15, 0.2) is 18.3 Å². The van der Waals surface area contributed by atoms with Crippen LogP contribution in [0.25, 0.3) is 0 Å². The summed E-state index contributed by atoms with van der Waals surface area (Å²) in [4.78, 5) is 29.0. The zero-order valence-corrected chi connectivity index (χ0v) is 9.85. The Morgan fingerprint density at radius 3 is 3.11 bits per heavy atom. The second-order valence-corrected chi connectivity index (χ2v) is 3.97. The van der Waals surface area contributed by atoms with Crippen molar-refractivity contribution < 1.29 is 9.59 Å². The number of rotatable bonds is 2. The molecule has 0 unspecified atom stereocenters. The highest BCUT2D eigenvalue weighted by Crippen LogP contribution is 2.09. The summed E-state index contributed by atoms with van der Waals surface area (Å²) >= 11 is 0. The highest BCUT2D eigenvalue weighted by molar-refractivity contribution is 5.93. The Morgan fingerprint density at radius 2 is 2.33 bits per heavy atom. The Labute approximate surface area is 104 Å². The predicted octanol–water partition coefficient (Wildman–Crippen LogP) is -0.671. The minimum Gasteiger partial charge on any atom is -0.354 e. The third-order valence-electron chi connectivity index (χ3n) is 2.75. The molecule has 1 fully saturated rings. The fourth-order valence-electron chi connectivity index (χ4n) is 1.77. The lowest BCUT2D eigenvalue weighted by atomic mass is 10.2. The maximum absolute atomic E-state index is 12.2. The normalized spacial score (nSPS) is 15.8. The van der Waals surface area contributed by atoms with E-state index in [-0.39, 0.29) is 11.8 Å². The molecule has 0 radical (unpaired) electrons. The van der Waals surface area contributed by atoms with E-state index >= 15 is 0 Å². The van der Waals surface area contributed by atoms with E-state index in [2.05, 4.69) is 15.7 Å². The summed E-state index contributed by atoms with van der Waals surface area (Å²) in [5.41, 5.74) is 3.41. The van der Waals surface area contributed by atoms with Gasteiger partial charge in [0.25, 0.3) is 5.91 Å². The maximum atomic E-state index is 12.2. The lowest BCUT2D eigenvalue weighted by molar-refractivity contribution is -0.120. The zero-order valence-electron chi connectivity index (χ0n) is 9.85. The van der Waals surface area contributed by atoms with Crippen LogP contribution in [0.4, 0.5) is 5.69 Å². The van der Waals surface area contributed by atoms with Crippen molar-refractivity contribution in [1.29, 1.82) is 0 Å². The van der Waals surface area contributed by atoms with Crippen molar-refractivity contribution in [1.82, 2.24) is 15.2 Å². The minimum atomic E-state index is -0.191. The highest BCUT2D eigenvalue weighted by atomic mass is 16.2. The molecule has 0 saturated carbocycles. The minimum absolute atomic E-state index is 0.0318. The van der Waals surface area contributed by atoms with Crippen molar-refractivity contribution in [2.24, 2.45) is 5.84 Å². The average Bonchev–Trinajstić information content (AvgIpc) is 2.63. The molecule has 2 amide bonds. The predicted molar refractivity (Wildman–Crippen MR) is 65.6 cm³/mol. The Hall–Kier alpha value is -2.15. The van der Waals surface area contributed by atoms with E-state index in [0.29, 0.717) is 37.4 Å². The monoisotopic (exact) mass is 249 g/mol. The van der Waals surface area contributed by atoms with Gasteiger partial charge in [-0.15, -0.1) is 0 Å². The van der Waals surface area contributed by atoms with Crippen molar-refractivity contribution >= 4 is 17.5 Å². The van der Waals surface area contributed by atoms with Gasteiger partial charge in [0, 0.05) is 32.3 Å². The molecule has 0 atom stereocenters. The lowest BCUT2D eigenvalue weighted by Crippen LogP contribution is -2.34. The average molecular weight is 249 g/mol. The first-order valence-electron chi connectivity index (χ1n) is 5.69. The Kier molecular flexibility index (Phi) is 3.73. The van der Waals surface area contributed by atoms with E-state index < -0.39 is 0 Å². The quantitative estimate of drug-likeness (QED) is 0.477. The number of nitrogens with zero attached hydrogens (tertiary/aromatic N) is 2. The molecule has 2 heterocycles. The van der Waals surface area contributed by atoms with E-state index in [1.165, 1.54) is 6.20 Å². The van der Waals surface area contributed by atoms with Gasteiger partial charge in [-0.25, -0.2) is 0 Å². The lowest BCUT2D eigenvalue weighted by Gasteiger charge is -2.19. The number of hydrazine groups is 1. The van der Waals surface area contributed by atoms with Crippen LogP contribution in [0.3, 0.4) is 0 Å². The van der Waals surface area contributed by atoms with Crippen molar-refractivity contribution in [2.45, 2.75) is 6.42 Å². The molecule has 2 rings (SSSR count). The molecule has 1 saturated heterocycles. The van der Waals surface area contributed by atoms with Crippen LogP contribution < -0.4 is 16.6 Å². The number of anilines is 1. The van der Waals surface area contributed by atoms with Gasteiger partial charge in [-0.1, -0.05) is 0 Å². The fraction of sp³-hybridized carbons (Fsp3) is 0.364. The fourth-order valence-corrected chi connectivity index (χ4v) is 1.77. The second kappa shape index (κ2) is 5.46. The van der Waals surface area contributed by atoms with Crippen LogP contribution >= 0.6 is 0 Å². The number of carbonyl (C=O) groups excluding carboxylic acids is 2. The Morgan fingerprint density at radius 1 is 1.50 bits per heavy atom. The number of nitrogens with two attached hydrogens (primary N) is 1. The summed E-state index contributed by atoms with van der Waals surface area (Å²) in [5, 5.41) is 2.72. The number of nitrogen functional groups attached to an aromatic ring is 1. The van der Waals surface area contributed by atoms with Gasteiger partial charge in [-0.05, 0) is 12.1 Å². The van der Waals surface area contributed by atoms with Crippen LogP contribution in [-0.4, -0.2) is 41.3 Å². The largest absolute Gasteiger partial charge is 0.354 e. The topological polar surface area (TPSA) is 100 Å². The third-order valence-corrected chi connectivity index (χ3v) is 2.75. The third kappa shape index (κ3) is 2.75. The first-order valence-corrected chi connectivity index (χ1v) is 5.69. The smallest absolute Gasteiger partial charge is 0.272 e. The van der Waals surface area contributed by atoms with Gasteiger partial charge in [0.05, 0.1) is 5.69 Å². The first-order chi connectivity index (χ1) is 8.70. The number of pyridine rings is 1. The first kappa shape index (κ1) is 12.3. The molecule has 0 spiro atoms. The van der Waals surface area contributed by atoms with Gasteiger partial charge >= 0.3 is 0 Å². The zero-order chi connectivity index (χ0) is 13.0. The van der Waals surface area contributed by atoms with Crippen molar-refractivity contribution in [3.8, 4) is 0 Å². The molecule has 0 aliphatic carbocycles. The highest BCUT2D eigenvalue weighted by Gasteiger charge is 2.20. The SMILES string of the molecule is NNc1ccnc(C(=O)N2CCNC(=O)CC2)c1. The van der Waals surface area contributed by atoms with Crippen molar-refractivity contribution in [2.75, 3.05) is 25.1 Å². The van der Waals surface area contributed by atoms with Gasteiger partial charge < -0.3 is 15.6 Å². The van der Waals surface area contributed by atoms with E-state index in [1.54, 1.807) is 17.0 Å². The van der Waals surface area contributed by atoms with Crippen LogP contribution in [0.1, 0.15) is 16.9 Å². The standard InChI is InChI=1S/C11H15N5O2/c12-15-8-1-3-13-9(7-8)11(18)16-5-2-10(17)14-4-6-16/h1,3,7H,2,4-6,12H2,(H,13,15)(H,14,17). The number of hydrogen-bond donors (Lipinski definition) is 3. The summed E-state index contributed by atoms with van der Waals surface area (Å²) in [6.07, 6.45) is 1.84. The molecule has 1 aromatic heterocycles. The molecule has 96 valence electrons. The molecule has 4 N–H and O–H groups in total. The van der Waals surface area contributed by atoms with E-state index in [9.17, 15) is 9.59 Å². The van der Waals surface area contributed by atoms with Gasteiger partial charge in [-0.2, -0.15) is 0 Å². The summed E-state index contributed by atoms with van der Waals surface area (Å²) in [6.45, 7) is 1.37. The molecule has 7 heteroatoms. The summed E-state index contributed by atoms with van der Waals surface area (Å²) in [7, 11) is 0. The summed E-state index contributed by atoms with van der Waals surface area (Å²) < 4.78 is 0. The van der Waals surface area contributed by atoms with E-state index in [1.807, 2.05) is 0 Å². The molecule has 0 aromatic carbocycles. The summed E-state index contributed by atoms with van der Waals surface area (Å²) in [5.74, 6) is 5.06. The number of carbonyl (C=O) groups is 2. The van der Waals surface area contributed by atoms with Crippen molar-refractivity contribution in [3.63, 3.8) is 0 Å². The van der Waals surface area contributed by atoms with E-state index in [4.69, 9.17) is 5.84 Å². The molecule has 18 heavy (non-hydrogen) atoms. The van der Waals surface area contributed by atoms with E-state index in [0.717, 1.165) is 0 Å². The Balaban J connectivity index is 2.12.